The van der Waals surface area contributed by atoms with Gasteiger partial charge in [-0.25, -0.2) is 0 Å². The van der Waals surface area contributed by atoms with E-state index in [1.165, 1.54) is 129 Å². The molecular formula is C58H34S. The van der Waals surface area contributed by atoms with E-state index < -0.39 is 0 Å². The molecule has 0 N–H and O–H groups in total. The molecule has 0 unspecified atom stereocenters. The van der Waals surface area contributed by atoms with Gasteiger partial charge in [0.15, 0.2) is 0 Å². The molecule has 0 atom stereocenters. The molecule has 0 saturated carbocycles. The monoisotopic (exact) mass is 762 g/mol. The highest BCUT2D eigenvalue weighted by molar-refractivity contribution is 7.26. The van der Waals surface area contributed by atoms with Crippen LogP contribution < -0.4 is 0 Å². The van der Waals surface area contributed by atoms with E-state index in [1.807, 2.05) is 11.3 Å². The fourth-order valence-corrected chi connectivity index (χ4v) is 11.6. The first-order valence-electron chi connectivity index (χ1n) is 20.4. The van der Waals surface area contributed by atoms with Gasteiger partial charge < -0.3 is 0 Å². The van der Waals surface area contributed by atoms with Crippen LogP contribution in [0.3, 0.4) is 0 Å². The Labute approximate surface area is 344 Å². The van der Waals surface area contributed by atoms with Gasteiger partial charge in [0.25, 0.3) is 0 Å². The van der Waals surface area contributed by atoms with E-state index in [1.54, 1.807) is 0 Å². The van der Waals surface area contributed by atoms with Crippen LogP contribution in [0.1, 0.15) is 0 Å². The first-order chi connectivity index (χ1) is 29.3. The zero-order chi connectivity index (χ0) is 38.6. The minimum Gasteiger partial charge on any atom is -0.135 e. The number of fused-ring (bicyclic) bond motifs is 14. The van der Waals surface area contributed by atoms with Crippen molar-refractivity contribution in [1.29, 1.82) is 0 Å². The van der Waals surface area contributed by atoms with Crippen molar-refractivity contribution in [2.45, 2.75) is 0 Å². The largest absolute Gasteiger partial charge is 0.135 e. The molecule has 0 nitrogen and oxygen atoms in total. The second-order valence-electron chi connectivity index (χ2n) is 15.8. The molecule has 0 spiro atoms. The minimum atomic E-state index is 1.24. The Morgan fingerprint density at radius 3 is 1.07 bits per heavy atom. The second-order valence-corrected chi connectivity index (χ2v) is 16.9. The standard InChI is InChI=1S/C58H34S/c1-2-16-35(17-3-1)53-41-22-8-12-26-45(41)55(46-27-13-9-23-42(46)53)56-47-28-14-10-24-43(47)54(44-25-11-15-29-48(44)56)36-30-33-52-51(34-36)50-32-31-49-39-20-5-4-18-37(39)38-19-6-7-21-40(38)57(49)58(50)59-52/h1-34H. The molecule has 0 aliphatic carbocycles. The average molecular weight is 763 g/mol. The van der Waals surface area contributed by atoms with Crippen molar-refractivity contribution < 1.29 is 0 Å². The molecule has 13 aromatic rings. The topological polar surface area (TPSA) is 0 Å². The summed E-state index contributed by atoms with van der Waals surface area (Å²) in [7, 11) is 0. The molecule has 0 radical (unpaired) electrons. The van der Waals surface area contributed by atoms with Gasteiger partial charge in [0.05, 0.1) is 0 Å². The summed E-state index contributed by atoms with van der Waals surface area (Å²) in [5, 5.41) is 20.7. The van der Waals surface area contributed by atoms with Crippen LogP contribution in [0.5, 0.6) is 0 Å². The number of hydrogen-bond acceptors (Lipinski definition) is 1. The zero-order valence-corrected chi connectivity index (χ0v) is 32.9. The maximum Gasteiger partial charge on any atom is 0.0440 e. The van der Waals surface area contributed by atoms with Crippen molar-refractivity contribution in [3.63, 3.8) is 0 Å². The number of thiophene rings is 1. The molecule has 0 saturated heterocycles. The second kappa shape index (κ2) is 12.6. The Kier molecular flexibility index (Phi) is 6.98. The Morgan fingerprint density at radius 1 is 0.220 bits per heavy atom. The lowest BCUT2D eigenvalue weighted by molar-refractivity contribution is 1.67. The van der Waals surface area contributed by atoms with E-state index in [0.717, 1.165) is 0 Å². The van der Waals surface area contributed by atoms with Gasteiger partial charge in [-0.05, 0) is 116 Å². The summed E-state index contributed by atoms with van der Waals surface area (Å²) in [4.78, 5) is 0. The van der Waals surface area contributed by atoms with Gasteiger partial charge in [0, 0.05) is 25.6 Å². The maximum atomic E-state index is 2.47. The van der Waals surface area contributed by atoms with Crippen molar-refractivity contribution in [1.82, 2.24) is 0 Å². The zero-order valence-electron chi connectivity index (χ0n) is 32.0. The summed E-state index contributed by atoms with van der Waals surface area (Å²) >= 11 is 1.93. The van der Waals surface area contributed by atoms with E-state index in [2.05, 4.69) is 206 Å². The van der Waals surface area contributed by atoms with E-state index in [4.69, 9.17) is 0 Å². The first kappa shape index (κ1) is 32.7. The van der Waals surface area contributed by atoms with Gasteiger partial charge in [0.1, 0.15) is 0 Å². The van der Waals surface area contributed by atoms with Crippen molar-refractivity contribution in [3.8, 4) is 33.4 Å². The van der Waals surface area contributed by atoms with Gasteiger partial charge in [-0.3, -0.25) is 0 Å². The summed E-state index contributed by atoms with van der Waals surface area (Å²) < 4.78 is 2.68. The summed E-state index contributed by atoms with van der Waals surface area (Å²) in [5.41, 5.74) is 7.64. The molecule has 59 heavy (non-hydrogen) atoms. The van der Waals surface area contributed by atoms with Crippen molar-refractivity contribution in [2.24, 2.45) is 0 Å². The maximum absolute atomic E-state index is 2.47. The van der Waals surface area contributed by atoms with Crippen LogP contribution in [-0.4, -0.2) is 0 Å². The Balaban J connectivity index is 1.12. The van der Waals surface area contributed by atoms with Gasteiger partial charge in [-0.15, -0.1) is 11.3 Å². The molecule has 12 aromatic carbocycles. The summed E-state index contributed by atoms with van der Waals surface area (Å²) in [6, 6.07) is 76.9. The average Bonchev–Trinajstić information content (AvgIpc) is 3.68. The van der Waals surface area contributed by atoms with Gasteiger partial charge in [-0.1, -0.05) is 194 Å². The molecule has 0 aliphatic heterocycles. The molecule has 1 heterocycles. The molecule has 0 bridgehead atoms. The highest BCUT2D eigenvalue weighted by Gasteiger charge is 2.23. The molecule has 1 heteroatoms. The lowest BCUT2D eigenvalue weighted by atomic mass is 9.81. The van der Waals surface area contributed by atoms with Gasteiger partial charge >= 0.3 is 0 Å². The highest BCUT2D eigenvalue weighted by atomic mass is 32.1. The molecule has 13 rings (SSSR count). The predicted molar refractivity (Wildman–Crippen MR) is 258 cm³/mol. The van der Waals surface area contributed by atoms with Gasteiger partial charge in [0.2, 0.25) is 0 Å². The number of rotatable bonds is 3. The van der Waals surface area contributed by atoms with Crippen LogP contribution >= 0.6 is 11.3 Å². The molecule has 0 fully saturated rings. The normalized spacial score (nSPS) is 12.1. The summed E-state index contributed by atoms with van der Waals surface area (Å²) in [6.45, 7) is 0. The number of hydrogen-bond donors (Lipinski definition) is 0. The lowest BCUT2D eigenvalue weighted by Crippen LogP contribution is -1.94. The van der Waals surface area contributed by atoms with E-state index in [9.17, 15) is 0 Å². The van der Waals surface area contributed by atoms with E-state index >= 15 is 0 Å². The van der Waals surface area contributed by atoms with E-state index in [0.29, 0.717) is 0 Å². The van der Waals surface area contributed by atoms with Crippen LogP contribution in [0.25, 0.3) is 129 Å². The Bertz CT molecular complexity index is 3740. The molecule has 1 aromatic heterocycles. The minimum absolute atomic E-state index is 1.24. The lowest BCUT2D eigenvalue weighted by Gasteiger charge is -2.22. The SMILES string of the molecule is c1ccc(-c2c3ccccc3c(-c3c4ccccc4c(-c4ccc5sc6c(ccc7c8ccccc8c8ccccc8c76)c5c4)c4ccccc34)c3ccccc23)cc1. The molecule has 0 amide bonds. The molecule has 0 aliphatic rings. The van der Waals surface area contributed by atoms with Crippen LogP contribution in [0.4, 0.5) is 0 Å². The quantitative estimate of drug-likeness (QED) is 0.124. The third kappa shape index (κ3) is 4.65. The van der Waals surface area contributed by atoms with Crippen LogP contribution in [0.15, 0.2) is 206 Å². The summed E-state index contributed by atoms with van der Waals surface area (Å²) in [6.07, 6.45) is 0. The van der Waals surface area contributed by atoms with Crippen molar-refractivity contribution in [3.05, 3.63) is 206 Å². The molecular weight excluding hydrogens is 729 g/mol. The molecule has 272 valence electrons. The van der Waals surface area contributed by atoms with Crippen molar-refractivity contribution >= 4 is 107 Å². The summed E-state index contributed by atoms with van der Waals surface area (Å²) in [5.74, 6) is 0. The van der Waals surface area contributed by atoms with Crippen molar-refractivity contribution in [2.75, 3.05) is 0 Å². The fraction of sp³-hybridized carbons (Fsp3) is 0. The third-order valence-corrected chi connectivity index (χ3v) is 14.0. The van der Waals surface area contributed by atoms with E-state index in [-0.39, 0.29) is 0 Å². The van der Waals surface area contributed by atoms with Crippen LogP contribution in [0.2, 0.25) is 0 Å². The smallest absolute Gasteiger partial charge is 0.0440 e. The first-order valence-corrected chi connectivity index (χ1v) is 21.2. The van der Waals surface area contributed by atoms with Crippen LogP contribution in [-0.2, 0) is 0 Å². The van der Waals surface area contributed by atoms with Crippen LogP contribution in [0, 0.1) is 0 Å². The Morgan fingerprint density at radius 2 is 0.576 bits per heavy atom. The third-order valence-electron chi connectivity index (χ3n) is 12.8. The fourth-order valence-electron chi connectivity index (χ4n) is 10.4. The van der Waals surface area contributed by atoms with Gasteiger partial charge in [-0.2, -0.15) is 0 Å². The predicted octanol–water partition coefficient (Wildman–Crippen LogP) is 17.1. The Hall–Kier alpha value is -7.32. The number of benzene rings is 12. The highest BCUT2D eigenvalue weighted by Crippen LogP contribution is 2.51.